The van der Waals surface area contributed by atoms with Gasteiger partial charge in [-0.05, 0) is 33.1 Å². The van der Waals surface area contributed by atoms with Crippen LogP contribution < -0.4 is 16.0 Å². The van der Waals surface area contributed by atoms with Crippen molar-refractivity contribution in [2.24, 2.45) is 5.92 Å². The van der Waals surface area contributed by atoms with Gasteiger partial charge in [0.1, 0.15) is 6.04 Å². The Balaban J connectivity index is 1.83. The maximum atomic E-state index is 12.0. The van der Waals surface area contributed by atoms with Crippen molar-refractivity contribution in [2.75, 3.05) is 6.54 Å². The van der Waals surface area contributed by atoms with Crippen LogP contribution in [0.5, 0.6) is 0 Å². The third-order valence-electron chi connectivity index (χ3n) is 3.74. The van der Waals surface area contributed by atoms with Crippen molar-refractivity contribution in [1.82, 2.24) is 16.0 Å². The second-order valence-electron chi connectivity index (χ2n) is 5.01. The van der Waals surface area contributed by atoms with Crippen LogP contribution in [0.1, 0.15) is 33.1 Å². The summed E-state index contributed by atoms with van der Waals surface area (Å²) in [6.45, 7) is 4.19. The summed E-state index contributed by atoms with van der Waals surface area (Å²) in [5.41, 5.74) is 0. The van der Waals surface area contributed by atoms with Crippen LogP contribution in [0.4, 0.5) is 0 Å². The van der Waals surface area contributed by atoms with Crippen LogP contribution in [-0.2, 0) is 9.59 Å². The third kappa shape index (κ3) is 2.60. The van der Waals surface area contributed by atoms with Crippen molar-refractivity contribution in [1.29, 1.82) is 0 Å². The van der Waals surface area contributed by atoms with Gasteiger partial charge in [0, 0.05) is 18.6 Å². The molecule has 4 atom stereocenters. The lowest BCUT2D eigenvalue weighted by atomic mass is 9.88. The number of likely N-dealkylation sites (N-methyl/N-ethyl adjacent to an activating group) is 1. The highest BCUT2D eigenvalue weighted by molar-refractivity contribution is 5.88. The zero-order valence-electron chi connectivity index (χ0n) is 10.5. The predicted octanol–water partition coefficient (Wildman–Crippen LogP) is -0.232. The van der Waals surface area contributed by atoms with E-state index in [1.807, 2.05) is 6.92 Å². The fourth-order valence-corrected chi connectivity index (χ4v) is 2.83. The number of hydrogen-bond acceptors (Lipinski definition) is 3. The molecule has 2 aliphatic rings. The number of hydrogen-bond donors (Lipinski definition) is 3. The second-order valence-corrected chi connectivity index (χ2v) is 5.01. The van der Waals surface area contributed by atoms with Crippen molar-refractivity contribution in [2.45, 2.75) is 51.2 Å². The molecule has 5 heteroatoms. The highest BCUT2D eigenvalue weighted by atomic mass is 16.2. The maximum absolute atomic E-state index is 12.0. The Kier molecular flexibility index (Phi) is 3.66. The van der Waals surface area contributed by atoms with Gasteiger partial charge in [-0.2, -0.15) is 0 Å². The summed E-state index contributed by atoms with van der Waals surface area (Å²) in [4.78, 5) is 23.5. The first kappa shape index (κ1) is 12.4. The monoisotopic (exact) mass is 239 g/mol. The van der Waals surface area contributed by atoms with Crippen molar-refractivity contribution < 1.29 is 9.59 Å². The fraction of sp³-hybridized carbons (Fsp3) is 0.833. The molecular formula is C12H21N3O2. The number of fused-ring (bicyclic) bond motifs is 2. The second kappa shape index (κ2) is 5.04. The summed E-state index contributed by atoms with van der Waals surface area (Å²) in [6, 6.07) is 0.388. The van der Waals surface area contributed by atoms with Crippen LogP contribution in [0.25, 0.3) is 0 Å². The molecular weight excluding hydrogens is 218 g/mol. The number of rotatable bonds is 4. The summed E-state index contributed by atoms with van der Waals surface area (Å²) in [5.74, 6) is -0.0500. The van der Waals surface area contributed by atoms with Gasteiger partial charge in [-0.15, -0.1) is 0 Å². The van der Waals surface area contributed by atoms with Crippen LogP contribution >= 0.6 is 0 Å². The quantitative estimate of drug-likeness (QED) is 0.634. The Bertz CT molecular complexity index is 319. The lowest BCUT2D eigenvalue weighted by Gasteiger charge is -2.21. The SMILES string of the molecule is CCNC(=O)C(C)NC(=O)C1CC2CCC1N2. The first-order chi connectivity index (χ1) is 8.11. The molecule has 5 nitrogen and oxygen atoms in total. The Labute approximate surface area is 102 Å². The smallest absolute Gasteiger partial charge is 0.242 e. The van der Waals surface area contributed by atoms with E-state index in [9.17, 15) is 9.59 Å². The summed E-state index contributed by atoms with van der Waals surface area (Å²) >= 11 is 0. The zero-order valence-corrected chi connectivity index (χ0v) is 10.5. The molecule has 96 valence electrons. The molecule has 2 amide bonds. The van der Waals surface area contributed by atoms with Gasteiger partial charge in [0.15, 0.2) is 0 Å². The van der Waals surface area contributed by atoms with Crippen molar-refractivity contribution in [3.05, 3.63) is 0 Å². The minimum Gasteiger partial charge on any atom is -0.355 e. The normalized spacial score (nSPS) is 32.2. The molecule has 2 bridgehead atoms. The molecule has 2 aliphatic heterocycles. The molecule has 0 saturated carbocycles. The van der Waals surface area contributed by atoms with Gasteiger partial charge in [-0.3, -0.25) is 9.59 Å². The van der Waals surface area contributed by atoms with Crippen LogP contribution in [0.3, 0.4) is 0 Å². The van der Waals surface area contributed by atoms with E-state index in [2.05, 4.69) is 16.0 Å². The van der Waals surface area contributed by atoms with Gasteiger partial charge >= 0.3 is 0 Å². The maximum Gasteiger partial charge on any atom is 0.242 e. The molecule has 2 heterocycles. The first-order valence-corrected chi connectivity index (χ1v) is 6.46. The van der Waals surface area contributed by atoms with E-state index in [-0.39, 0.29) is 17.7 Å². The highest BCUT2D eigenvalue weighted by Crippen LogP contribution is 2.33. The highest BCUT2D eigenvalue weighted by Gasteiger charge is 2.43. The van der Waals surface area contributed by atoms with E-state index < -0.39 is 6.04 Å². The van der Waals surface area contributed by atoms with E-state index in [1.54, 1.807) is 6.92 Å². The van der Waals surface area contributed by atoms with Gasteiger partial charge in [0.2, 0.25) is 11.8 Å². The number of nitrogens with one attached hydrogen (secondary N) is 3. The van der Waals surface area contributed by atoms with Crippen LogP contribution in [0.15, 0.2) is 0 Å². The Morgan fingerprint density at radius 3 is 2.71 bits per heavy atom. The standard InChI is InChI=1S/C12H21N3O2/c1-3-13-11(16)7(2)14-12(17)9-6-8-4-5-10(9)15-8/h7-10,15H,3-6H2,1-2H3,(H,13,16)(H,14,17). The van der Waals surface area contributed by atoms with Crippen molar-refractivity contribution in [3.8, 4) is 0 Å². The molecule has 2 saturated heterocycles. The summed E-state index contributed by atoms with van der Waals surface area (Å²) in [5, 5.41) is 8.93. The van der Waals surface area contributed by atoms with E-state index in [1.165, 1.54) is 6.42 Å². The molecule has 0 radical (unpaired) electrons. The average Bonchev–Trinajstić information content (AvgIpc) is 2.90. The molecule has 0 aliphatic carbocycles. The molecule has 0 aromatic heterocycles. The lowest BCUT2D eigenvalue weighted by molar-refractivity contribution is -0.131. The van der Waals surface area contributed by atoms with E-state index in [0.717, 1.165) is 12.8 Å². The number of carbonyl (C=O) groups excluding carboxylic acids is 2. The minimum atomic E-state index is -0.443. The largest absolute Gasteiger partial charge is 0.355 e. The van der Waals surface area contributed by atoms with Gasteiger partial charge in [-0.1, -0.05) is 0 Å². The van der Waals surface area contributed by atoms with Crippen LogP contribution in [-0.4, -0.2) is 36.5 Å². The Morgan fingerprint density at radius 2 is 2.18 bits per heavy atom. The molecule has 0 spiro atoms. The fourth-order valence-electron chi connectivity index (χ4n) is 2.83. The third-order valence-corrected chi connectivity index (χ3v) is 3.74. The molecule has 0 aromatic rings. The van der Waals surface area contributed by atoms with Crippen LogP contribution in [0.2, 0.25) is 0 Å². The van der Waals surface area contributed by atoms with Gasteiger partial charge in [0.25, 0.3) is 0 Å². The van der Waals surface area contributed by atoms with Crippen molar-refractivity contribution in [3.63, 3.8) is 0 Å². The van der Waals surface area contributed by atoms with Gasteiger partial charge < -0.3 is 16.0 Å². The zero-order chi connectivity index (χ0) is 12.4. The Hall–Kier alpha value is -1.10. The molecule has 0 aromatic carbocycles. The average molecular weight is 239 g/mol. The molecule has 4 unspecified atom stereocenters. The predicted molar refractivity (Wildman–Crippen MR) is 64.3 cm³/mol. The summed E-state index contributed by atoms with van der Waals surface area (Å²) < 4.78 is 0. The van der Waals surface area contributed by atoms with E-state index in [0.29, 0.717) is 18.6 Å². The van der Waals surface area contributed by atoms with Crippen molar-refractivity contribution >= 4 is 11.8 Å². The minimum absolute atomic E-state index is 0.0171. The topological polar surface area (TPSA) is 70.2 Å². The van der Waals surface area contributed by atoms with Gasteiger partial charge in [-0.25, -0.2) is 0 Å². The number of amides is 2. The van der Waals surface area contributed by atoms with E-state index in [4.69, 9.17) is 0 Å². The molecule has 17 heavy (non-hydrogen) atoms. The van der Waals surface area contributed by atoms with Gasteiger partial charge in [0.05, 0.1) is 5.92 Å². The van der Waals surface area contributed by atoms with Crippen LogP contribution in [0, 0.1) is 5.92 Å². The molecule has 2 rings (SSSR count). The lowest BCUT2D eigenvalue weighted by Crippen LogP contribution is -2.48. The Morgan fingerprint density at radius 1 is 1.41 bits per heavy atom. The number of carbonyl (C=O) groups is 2. The summed E-state index contributed by atoms with van der Waals surface area (Å²) in [7, 11) is 0. The first-order valence-electron chi connectivity index (χ1n) is 6.46. The molecule has 2 fully saturated rings. The van der Waals surface area contributed by atoms with E-state index >= 15 is 0 Å². The molecule has 3 N–H and O–H groups in total. The summed E-state index contributed by atoms with van der Waals surface area (Å²) in [6.07, 6.45) is 3.18.